The molecule has 14 heavy (non-hydrogen) atoms. The predicted molar refractivity (Wildman–Crippen MR) is 53.2 cm³/mol. The third kappa shape index (κ3) is 5.80. The molecule has 6 heteroatoms. The maximum Gasteiger partial charge on any atom is 0.327 e. The largest absolute Gasteiger partial charge is 0.480 e. The summed E-state index contributed by atoms with van der Waals surface area (Å²) in [4.78, 5) is 21.6. The molecular formula is C8H14FNO3S. The van der Waals surface area contributed by atoms with Gasteiger partial charge in [-0.15, -0.1) is 0 Å². The van der Waals surface area contributed by atoms with Crippen LogP contribution in [0.4, 0.5) is 4.39 Å². The number of hydrogen-bond donors (Lipinski definition) is 3. The van der Waals surface area contributed by atoms with Crippen molar-refractivity contribution in [3.05, 3.63) is 0 Å². The summed E-state index contributed by atoms with van der Waals surface area (Å²) in [5.74, 6) is -1.82. The second kappa shape index (κ2) is 5.19. The number of carbonyl (C=O) groups is 2. The first-order chi connectivity index (χ1) is 6.26. The minimum absolute atomic E-state index is 0.0201. The topological polar surface area (TPSA) is 66.4 Å². The molecule has 1 amide bonds. The van der Waals surface area contributed by atoms with Gasteiger partial charge in [0.2, 0.25) is 5.91 Å². The smallest absolute Gasteiger partial charge is 0.327 e. The van der Waals surface area contributed by atoms with E-state index in [9.17, 15) is 14.0 Å². The second-order valence-electron chi connectivity index (χ2n) is 3.54. The van der Waals surface area contributed by atoms with Crippen LogP contribution in [-0.4, -0.2) is 34.4 Å². The van der Waals surface area contributed by atoms with E-state index in [0.717, 1.165) is 0 Å². The van der Waals surface area contributed by atoms with Gasteiger partial charge in [0, 0.05) is 5.75 Å². The summed E-state index contributed by atoms with van der Waals surface area (Å²) >= 11 is 3.75. The van der Waals surface area contributed by atoms with Crippen molar-refractivity contribution in [2.75, 3.05) is 5.75 Å². The van der Waals surface area contributed by atoms with Gasteiger partial charge in [-0.2, -0.15) is 12.6 Å². The Hall–Kier alpha value is -0.780. The Labute approximate surface area is 87.3 Å². The van der Waals surface area contributed by atoms with E-state index in [0.29, 0.717) is 0 Å². The van der Waals surface area contributed by atoms with E-state index in [-0.39, 0.29) is 12.2 Å². The summed E-state index contributed by atoms with van der Waals surface area (Å²) in [5, 5.41) is 10.7. The van der Waals surface area contributed by atoms with E-state index in [4.69, 9.17) is 5.11 Å². The van der Waals surface area contributed by atoms with Crippen molar-refractivity contribution in [3.8, 4) is 0 Å². The molecule has 0 saturated carbocycles. The zero-order valence-electron chi connectivity index (χ0n) is 8.08. The molecule has 0 rings (SSSR count). The fourth-order valence-corrected chi connectivity index (χ4v) is 1.06. The van der Waals surface area contributed by atoms with Crippen LogP contribution in [0.15, 0.2) is 0 Å². The van der Waals surface area contributed by atoms with E-state index < -0.39 is 23.6 Å². The summed E-state index contributed by atoms with van der Waals surface area (Å²) in [6, 6.07) is -1.06. The lowest BCUT2D eigenvalue weighted by Crippen LogP contribution is -2.43. The fraction of sp³-hybridized carbons (Fsp3) is 0.750. The first-order valence-corrected chi connectivity index (χ1v) is 4.71. The van der Waals surface area contributed by atoms with Gasteiger partial charge >= 0.3 is 5.97 Å². The van der Waals surface area contributed by atoms with E-state index in [1.807, 2.05) is 0 Å². The zero-order valence-corrected chi connectivity index (χ0v) is 8.97. The van der Waals surface area contributed by atoms with Crippen LogP contribution in [0.25, 0.3) is 0 Å². The molecular weight excluding hydrogens is 209 g/mol. The molecule has 0 bridgehead atoms. The lowest BCUT2D eigenvalue weighted by atomic mass is 10.1. The maximum absolute atomic E-state index is 13.0. The van der Waals surface area contributed by atoms with Crippen LogP contribution in [0.1, 0.15) is 20.3 Å². The molecule has 0 heterocycles. The summed E-state index contributed by atoms with van der Waals surface area (Å²) in [5.41, 5.74) is -1.64. The third-order valence-corrected chi connectivity index (χ3v) is 1.76. The summed E-state index contributed by atoms with van der Waals surface area (Å²) < 4.78 is 13.0. The molecule has 2 N–H and O–H groups in total. The average molecular weight is 223 g/mol. The summed E-state index contributed by atoms with van der Waals surface area (Å²) in [6.07, 6.45) is -0.357. The van der Waals surface area contributed by atoms with Crippen LogP contribution in [0, 0.1) is 0 Å². The number of amides is 1. The van der Waals surface area contributed by atoms with Crippen molar-refractivity contribution in [2.24, 2.45) is 0 Å². The number of alkyl halides is 1. The van der Waals surface area contributed by atoms with Gasteiger partial charge in [0.1, 0.15) is 11.7 Å². The van der Waals surface area contributed by atoms with Gasteiger partial charge < -0.3 is 10.4 Å². The Morgan fingerprint density at radius 1 is 1.57 bits per heavy atom. The van der Waals surface area contributed by atoms with Crippen LogP contribution in [0.3, 0.4) is 0 Å². The number of aliphatic carboxylic acids is 1. The van der Waals surface area contributed by atoms with E-state index in [1.54, 1.807) is 0 Å². The molecule has 82 valence electrons. The highest BCUT2D eigenvalue weighted by atomic mass is 32.1. The van der Waals surface area contributed by atoms with Crippen LogP contribution in [0.5, 0.6) is 0 Å². The van der Waals surface area contributed by atoms with Crippen molar-refractivity contribution in [1.82, 2.24) is 5.32 Å². The molecule has 0 spiro atoms. The first kappa shape index (κ1) is 13.2. The highest BCUT2D eigenvalue weighted by Crippen LogP contribution is 2.13. The highest BCUT2D eigenvalue weighted by molar-refractivity contribution is 7.80. The average Bonchev–Trinajstić information content (AvgIpc) is 1.96. The molecule has 0 aliphatic heterocycles. The predicted octanol–water partition coefficient (Wildman–Crippen LogP) is 0.624. The van der Waals surface area contributed by atoms with Crippen LogP contribution >= 0.6 is 12.6 Å². The normalized spacial score (nSPS) is 13.4. The van der Waals surface area contributed by atoms with Gasteiger partial charge in [-0.3, -0.25) is 4.79 Å². The van der Waals surface area contributed by atoms with Crippen LogP contribution in [-0.2, 0) is 9.59 Å². The quantitative estimate of drug-likeness (QED) is 0.599. The number of hydrogen-bond acceptors (Lipinski definition) is 3. The van der Waals surface area contributed by atoms with Gasteiger partial charge in [0.15, 0.2) is 0 Å². The zero-order chi connectivity index (χ0) is 11.4. The van der Waals surface area contributed by atoms with Crippen molar-refractivity contribution < 1.29 is 19.1 Å². The Morgan fingerprint density at radius 3 is 2.36 bits per heavy atom. The second-order valence-corrected chi connectivity index (χ2v) is 3.90. The van der Waals surface area contributed by atoms with E-state index >= 15 is 0 Å². The number of nitrogens with one attached hydrogen (secondary N) is 1. The summed E-state index contributed by atoms with van der Waals surface area (Å²) in [6.45, 7) is 2.51. The van der Waals surface area contributed by atoms with Gasteiger partial charge in [0.05, 0.1) is 6.42 Å². The maximum atomic E-state index is 13.0. The van der Waals surface area contributed by atoms with Crippen LogP contribution in [0.2, 0.25) is 0 Å². The van der Waals surface area contributed by atoms with Crippen LogP contribution < -0.4 is 5.32 Å². The number of halogens is 1. The SMILES string of the molecule is CC(C)(F)CC(=O)N[C@@H](CS)C(=O)O. The van der Waals surface area contributed by atoms with E-state index in [2.05, 4.69) is 17.9 Å². The molecule has 0 aliphatic carbocycles. The minimum Gasteiger partial charge on any atom is -0.480 e. The van der Waals surface area contributed by atoms with Crippen molar-refractivity contribution >= 4 is 24.5 Å². The Balaban J connectivity index is 4.11. The Bertz CT molecular complexity index is 227. The summed E-state index contributed by atoms with van der Waals surface area (Å²) in [7, 11) is 0. The Kier molecular flexibility index (Phi) is 4.90. The minimum atomic E-state index is -1.64. The number of carboxylic acid groups (broad SMARTS) is 1. The van der Waals surface area contributed by atoms with Gasteiger partial charge in [-0.1, -0.05) is 0 Å². The number of thiol groups is 1. The lowest BCUT2D eigenvalue weighted by Gasteiger charge is -2.16. The van der Waals surface area contributed by atoms with Crippen molar-refractivity contribution in [3.63, 3.8) is 0 Å². The molecule has 0 aromatic heterocycles. The van der Waals surface area contributed by atoms with Crippen molar-refractivity contribution in [1.29, 1.82) is 0 Å². The molecule has 0 saturated heterocycles. The van der Waals surface area contributed by atoms with E-state index in [1.165, 1.54) is 13.8 Å². The van der Waals surface area contributed by atoms with Gasteiger partial charge in [-0.25, -0.2) is 9.18 Å². The highest BCUT2D eigenvalue weighted by Gasteiger charge is 2.24. The molecule has 0 aliphatic rings. The fourth-order valence-electron chi connectivity index (χ4n) is 0.813. The number of rotatable bonds is 5. The van der Waals surface area contributed by atoms with Gasteiger partial charge in [0.25, 0.3) is 0 Å². The standard InChI is InChI=1S/C8H14FNO3S/c1-8(2,9)3-6(11)10-5(4-14)7(12)13/h5,14H,3-4H2,1-2H3,(H,10,11)(H,12,13)/t5-/m0/s1. The lowest BCUT2D eigenvalue weighted by molar-refractivity contribution is -0.141. The molecule has 0 unspecified atom stereocenters. The number of carbonyl (C=O) groups excluding carboxylic acids is 1. The Morgan fingerprint density at radius 2 is 2.07 bits per heavy atom. The molecule has 0 fully saturated rings. The van der Waals surface area contributed by atoms with Gasteiger partial charge in [-0.05, 0) is 13.8 Å². The van der Waals surface area contributed by atoms with Crippen molar-refractivity contribution in [2.45, 2.75) is 32.0 Å². The molecule has 0 aromatic rings. The molecule has 0 aromatic carbocycles. The molecule has 4 nitrogen and oxygen atoms in total. The monoisotopic (exact) mass is 223 g/mol. The number of carboxylic acids is 1. The first-order valence-electron chi connectivity index (χ1n) is 4.08. The third-order valence-electron chi connectivity index (χ3n) is 1.40. The molecule has 1 atom stereocenters. The molecule has 0 radical (unpaired) electrons.